The highest BCUT2D eigenvalue weighted by atomic mass is 32.1. The Morgan fingerprint density at radius 2 is 1.67 bits per heavy atom. The van der Waals surface area contributed by atoms with Crippen LogP contribution in [0.4, 0.5) is 0 Å². The summed E-state index contributed by atoms with van der Waals surface area (Å²) in [6.45, 7) is 5.96. The van der Waals surface area contributed by atoms with Gasteiger partial charge in [-0.05, 0) is 36.6 Å². The first-order chi connectivity index (χ1) is 16.1. The van der Waals surface area contributed by atoms with Crippen LogP contribution in [-0.4, -0.2) is 76.3 Å². The summed E-state index contributed by atoms with van der Waals surface area (Å²) in [5.74, 6) is 0.126. The molecule has 1 atom stereocenters. The van der Waals surface area contributed by atoms with Crippen molar-refractivity contribution in [1.82, 2.24) is 19.7 Å². The Kier molecular flexibility index (Phi) is 6.24. The van der Waals surface area contributed by atoms with Crippen molar-refractivity contribution < 1.29 is 9.59 Å². The van der Waals surface area contributed by atoms with Crippen molar-refractivity contribution in [3.63, 3.8) is 0 Å². The fourth-order valence-electron chi connectivity index (χ4n) is 4.70. The van der Waals surface area contributed by atoms with Crippen molar-refractivity contribution >= 4 is 23.2 Å². The summed E-state index contributed by atoms with van der Waals surface area (Å²) < 4.78 is 0. The Hall–Kier alpha value is -3.03. The highest BCUT2D eigenvalue weighted by Gasteiger charge is 2.39. The minimum atomic E-state index is 0.0262. The van der Waals surface area contributed by atoms with Crippen LogP contribution in [0.1, 0.15) is 38.2 Å². The standard InChI is InChI=1S/C26H28N4O2S/c1-19-16-28(12-13-30(19)26(32)24-27-11-14-33-24)23-17-29(18-23)25(31)22-9-7-21(8-10-22)15-20-5-3-2-4-6-20/h2-11,14,19,23H,12-13,15-18H2,1H3. The lowest BCUT2D eigenvalue weighted by Gasteiger charge is -2.49. The number of carbonyl (C=O) groups excluding carboxylic acids is 2. The molecule has 2 amide bonds. The number of rotatable bonds is 5. The molecule has 2 aliphatic heterocycles. The molecule has 3 aromatic rings. The number of likely N-dealkylation sites (tertiary alicyclic amines) is 1. The molecule has 0 bridgehead atoms. The molecule has 2 aliphatic rings. The van der Waals surface area contributed by atoms with Crippen LogP contribution in [-0.2, 0) is 6.42 Å². The van der Waals surface area contributed by atoms with E-state index in [0.717, 1.165) is 38.2 Å². The van der Waals surface area contributed by atoms with Crippen molar-refractivity contribution in [3.8, 4) is 0 Å². The van der Waals surface area contributed by atoms with E-state index in [2.05, 4.69) is 41.1 Å². The van der Waals surface area contributed by atoms with Gasteiger partial charge in [-0.1, -0.05) is 42.5 Å². The summed E-state index contributed by atoms with van der Waals surface area (Å²) in [5.41, 5.74) is 3.22. The molecule has 2 saturated heterocycles. The molecule has 170 valence electrons. The minimum Gasteiger partial charge on any atom is -0.335 e. The molecular weight excluding hydrogens is 432 g/mol. The largest absolute Gasteiger partial charge is 0.335 e. The Labute approximate surface area is 198 Å². The molecule has 2 aromatic carbocycles. The van der Waals surface area contributed by atoms with Crippen LogP contribution in [0.3, 0.4) is 0 Å². The monoisotopic (exact) mass is 460 g/mol. The van der Waals surface area contributed by atoms with Gasteiger partial charge in [0.05, 0.1) is 0 Å². The zero-order valence-electron chi connectivity index (χ0n) is 18.8. The van der Waals surface area contributed by atoms with Gasteiger partial charge in [0.15, 0.2) is 5.01 Å². The molecule has 6 nitrogen and oxygen atoms in total. The van der Waals surface area contributed by atoms with Gasteiger partial charge < -0.3 is 9.80 Å². The van der Waals surface area contributed by atoms with Gasteiger partial charge in [0.25, 0.3) is 11.8 Å². The highest BCUT2D eigenvalue weighted by Crippen LogP contribution is 2.23. The van der Waals surface area contributed by atoms with Gasteiger partial charge in [-0.2, -0.15) is 0 Å². The van der Waals surface area contributed by atoms with Crippen molar-refractivity contribution in [3.05, 3.63) is 87.9 Å². The maximum Gasteiger partial charge on any atom is 0.283 e. The lowest BCUT2D eigenvalue weighted by molar-refractivity contribution is -0.00415. The maximum atomic E-state index is 12.9. The van der Waals surface area contributed by atoms with Gasteiger partial charge in [0, 0.05) is 61.9 Å². The summed E-state index contributed by atoms with van der Waals surface area (Å²) >= 11 is 1.39. The second-order valence-corrected chi connectivity index (χ2v) is 9.80. The number of amides is 2. The van der Waals surface area contributed by atoms with E-state index >= 15 is 0 Å². The van der Waals surface area contributed by atoms with Crippen LogP contribution < -0.4 is 0 Å². The topological polar surface area (TPSA) is 56.8 Å². The number of hydrogen-bond acceptors (Lipinski definition) is 5. The molecule has 7 heteroatoms. The average Bonchev–Trinajstić information content (AvgIpc) is 3.34. The molecular formula is C26H28N4O2S. The quantitative estimate of drug-likeness (QED) is 0.586. The summed E-state index contributed by atoms with van der Waals surface area (Å²) in [7, 11) is 0. The van der Waals surface area contributed by atoms with Crippen LogP contribution in [0.25, 0.3) is 0 Å². The third kappa shape index (κ3) is 4.70. The van der Waals surface area contributed by atoms with Gasteiger partial charge >= 0.3 is 0 Å². The zero-order valence-corrected chi connectivity index (χ0v) is 19.6. The first-order valence-corrected chi connectivity index (χ1v) is 12.3. The Bertz CT molecular complexity index is 1100. The van der Waals surface area contributed by atoms with E-state index in [4.69, 9.17) is 0 Å². The summed E-state index contributed by atoms with van der Waals surface area (Å²) in [6.07, 6.45) is 2.55. The van der Waals surface area contributed by atoms with Crippen molar-refractivity contribution in [2.45, 2.75) is 25.4 Å². The molecule has 1 unspecified atom stereocenters. The summed E-state index contributed by atoms with van der Waals surface area (Å²) in [6, 6.07) is 18.9. The van der Waals surface area contributed by atoms with E-state index in [1.165, 1.54) is 22.5 Å². The van der Waals surface area contributed by atoms with Crippen LogP contribution in [0.15, 0.2) is 66.2 Å². The number of thiazole rings is 1. The number of nitrogens with zero attached hydrogens (tertiary/aromatic N) is 4. The average molecular weight is 461 g/mol. The molecule has 3 heterocycles. The number of piperazine rings is 1. The fourth-order valence-corrected chi connectivity index (χ4v) is 5.29. The third-order valence-electron chi connectivity index (χ3n) is 6.65. The molecule has 0 radical (unpaired) electrons. The van der Waals surface area contributed by atoms with E-state index in [9.17, 15) is 9.59 Å². The normalized spacial score (nSPS) is 19.4. The molecule has 33 heavy (non-hydrogen) atoms. The van der Waals surface area contributed by atoms with Crippen LogP contribution in [0, 0.1) is 0 Å². The fraction of sp³-hybridized carbons (Fsp3) is 0.346. The maximum absolute atomic E-state index is 12.9. The van der Waals surface area contributed by atoms with E-state index < -0.39 is 0 Å². The minimum absolute atomic E-state index is 0.0262. The van der Waals surface area contributed by atoms with Gasteiger partial charge in [-0.25, -0.2) is 4.98 Å². The molecule has 5 rings (SSSR count). The number of aromatic nitrogens is 1. The number of carbonyl (C=O) groups is 2. The van der Waals surface area contributed by atoms with Crippen LogP contribution >= 0.6 is 11.3 Å². The number of benzene rings is 2. The summed E-state index contributed by atoms with van der Waals surface area (Å²) in [5, 5.41) is 2.40. The van der Waals surface area contributed by atoms with E-state index in [1.807, 2.05) is 45.5 Å². The van der Waals surface area contributed by atoms with E-state index in [-0.39, 0.29) is 17.9 Å². The first kappa shape index (κ1) is 21.8. The predicted octanol–water partition coefficient (Wildman–Crippen LogP) is 3.40. The molecule has 0 spiro atoms. The molecule has 0 N–H and O–H groups in total. The highest BCUT2D eigenvalue weighted by molar-refractivity contribution is 7.11. The SMILES string of the molecule is CC1CN(C2CN(C(=O)c3ccc(Cc4ccccc4)cc3)C2)CCN1C(=O)c1nccs1. The third-order valence-corrected chi connectivity index (χ3v) is 7.41. The first-order valence-electron chi connectivity index (χ1n) is 11.4. The van der Waals surface area contributed by atoms with Crippen LogP contribution in [0.5, 0.6) is 0 Å². The molecule has 1 aromatic heterocycles. The molecule has 0 aliphatic carbocycles. The van der Waals surface area contributed by atoms with Crippen LogP contribution in [0.2, 0.25) is 0 Å². The second-order valence-electron chi connectivity index (χ2n) is 8.90. The predicted molar refractivity (Wildman–Crippen MR) is 130 cm³/mol. The molecule has 2 fully saturated rings. The van der Waals surface area contributed by atoms with E-state index in [0.29, 0.717) is 17.6 Å². The van der Waals surface area contributed by atoms with Gasteiger partial charge in [-0.15, -0.1) is 11.3 Å². The number of hydrogen-bond donors (Lipinski definition) is 0. The van der Waals surface area contributed by atoms with Gasteiger partial charge in [0.1, 0.15) is 0 Å². The van der Waals surface area contributed by atoms with Crippen molar-refractivity contribution in [1.29, 1.82) is 0 Å². The van der Waals surface area contributed by atoms with Crippen molar-refractivity contribution in [2.24, 2.45) is 0 Å². The van der Waals surface area contributed by atoms with Gasteiger partial charge in [-0.3, -0.25) is 14.5 Å². The Morgan fingerprint density at radius 1 is 0.939 bits per heavy atom. The van der Waals surface area contributed by atoms with Gasteiger partial charge in [0.2, 0.25) is 0 Å². The molecule has 0 saturated carbocycles. The Balaban J connectivity index is 1.12. The lowest BCUT2D eigenvalue weighted by Crippen LogP contribution is -2.66. The lowest BCUT2D eigenvalue weighted by atomic mass is 10.0. The smallest absolute Gasteiger partial charge is 0.283 e. The zero-order chi connectivity index (χ0) is 22.8. The summed E-state index contributed by atoms with van der Waals surface area (Å²) in [4.78, 5) is 36.0. The Morgan fingerprint density at radius 3 is 2.33 bits per heavy atom. The van der Waals surface area contributed by atoms with Crippen molar-refractivity contribution in [2.75, 3.05) is 32.7 Å². The van der Waals surface area contributed by atoms with E-state index in [1.54, 1.807) is 6.20 Å². The second kappa shape index (κ2) is 9.45.